The van der Waals surface area contributed by atoms with Gasteiger partial charge in [-0.3, -0.25) is 0 Å². The van der Waals surface area contributed by atoms with Crippen molar-refractivity contribution >= 4 is 0 Å². The third-order valence-electron chi connectivity index (χ3n) is 3.09. The van der Waals surface area contributed by atoms with Gasteiger partial charge < -0.3 is 10.2 Å². The quantitative estimate of drug-likeness (QED) is 0.601. The summed E-state index contributed by atoms with van der Waals surface area (Å²) in [7, 11) is 0. The van der Waals surface area contributed by atoms with Crippen LogP contribution in [0.3, 0.4) is 0 Å². The summed E-state index contributed by atoms with van der Waals surface area (Å²) in [6.45, 7) is 13.7. The Morgan fingerprint density at radius 2 is 1.67 bits per heavy atom. The first-order valence-electron chi connectivity index (χ1n) is 6.74. The van der Waals surface area contributed by atoms with Gasteiger partial charge >= 0.3 is 0 Å². The van der Waals surface area contributed by atoms with Gasteiger partial charge in [-0.15, -0.1) is 0 Å². The predicted molar refractivity (Wildman–Crippen MR) is 69.4 cm³/mol. The zero-order chi connectivity index (χ0) is 11.5. The second-order valence-electron chi connectivity index (χ2n) is 4.21. The Balaban J connectivity index is 3.72. The fourth-order valence-electron chi connectivity index (χ4n) is 1.97. The van der Waals surface area contributed by atoms with E-state index in [9.17, 15) is 0 Å². The molecular weight excluding hydrogens is 184 g/mol. The highest BCUT2D eigenvalue weighted by Crippen LogP contribution is 2.05. The van der Waals surface area contributed by atoms with Gasteiger partial charge in [0.25, 0.3) is 0 Å². The van der Waals surface area contributed by atoms with Gasteiger partial charge in [-0.1, -0.05) is 40.5 Å². The zero-order valence-corrected chi connectivity index (χ0v) is 11.2. The van der Waals surface area contributed by atoms with E-state index in [0.29, 0.717) is 0 Å². The summed E-state index contributed by atoms with van der Waals surface area (Å²) in [5, 5.41) is 3.59. The van der Waals surface area contributed by atoms with E-state index in [4.69, 9.17) is 0 Å². The maximum atomic E-state index is 3.59. The van der Waals surface area contributed by atoms with Crippen molar-refractivity contribution in [1.82, 2.24) is 10.2 Å². The van der Waals surface area contributed by atoms with Crippen molar-refractivity contribution < 1.29 is 0 Å². The van der Waals surface area contributed by atoms with Crippen LogP contribution >= 0.6 is 0 Å². The number of hydrogen-bond acceptors (Lipinski definition) is 2. The molecule has 0 saturated heterocycles. The standard InChI is InChI=1S/C13H30N2/c1-5-9-10-13(14-6-2)11-12-15(7-3)8-4/h13-14H,5-12H2,1-4H3. The van der Waals surface area contributed by atoms with E-state index in [1.165, 1.54) is 45.3 Å². The van der Waals surface area contributed by atoms with Crippen molar-refractivity contribution in [2.45, 2.75) is 59.4 Å². The number of unbranched alkanes of at least 4 members (excludes halogenated alkanes) is 1. The minimum absolute atomic E-state index is 0.732. The molecule has 2 heteroatoms. The summed E-state index contributed by atoms with van der Waals surface area (Å²) in [4.78, 5) is 2.51. The molecule has 0 bridgehead atoms. The third kappa shape index (κ3) is 7.80. The first-order chi connectivity index (χ1) is 7.28. The van der Waals surface area contributed by atoms with Gasteiger partial charge in [0.1, 0.15) is 0 Å². The van der Waals surface area contributed by atoms with Crippen LogP contribution in [-0.2, 0) is 0 Å². The molecule has 0 aromatic rings. The Labute approximate surface area is 96.4 Å². The monoisotopic (exact) mass is 214 g/mol. The highest BCUT2D eigenvalue weighted by Gasteiger charge is 2.08. The van der Waals surface area contributed by atoms with Crippen molar-refractivity contribution in [2.75, 3.05) is 26.2 Å². The highest BCUT2D eigenvalue weighted by molar-refractivity contribution is 4.68. The Bertz CT molecular complexity index is 122. The fraction of sp³-hybridized carbons (Fsp3) is 1.00. The lowest BCUT2D eigenvalue weighted by molar-refractivity contribution is 0.277. The molecule has 0 spiro atoms. The minimum Gasteiger partial charge on any atom is -0.314 e. The SMILES string of the molecule is CCCCC(CCN(CC)CC)NCC. The van der Waals surface area contributed by atoms with Gasteiger partial charge in [0.15, 0.2) is 0 Å². The Kier molecular flexibility index (Phi) is 10.4. The molecule has 0 aromatic heterocycles. The molecule has 1 N–H and O–H groups in total. The van der Waals surface area contributed by atoms with Gasteiger partial charge in [0.05, 0.1) is 0 Å². The number of hydrogen-bond donors (Lipinski definition) is 1. The van der Waals surface area contributed by atoms with E-state index in [2.05, 4.69) is 37.9 Å². The van der Waals surface area contributed by atoms with Gasteiger partial charge in [0, 0.05) is 6.04 Å². The molecule has 2 nitrogen and oxygen atoms in total. The van der Waals surface area contributed by atoms with Gasteiger partial charge in [-0.05, 0) is 39.0 Å². The van der Waals surface area contributed by atoms with Crippen LogP contribution in [0.25, 0.3) is 0 Å². The average molecular weight is 214 g/mol. The maximum Gasteiger partial charge on any atom is 0.00791 e. The lowest BCUT2D eigenvalue weighted by atomic mass is 10.1. The van der Waals surface area contributed by atoms with Crippen LogP contribution in [-0.4, -0.2) is 37.1 Å². The van der Waals surface area contributed by atoms with E-state index >= 15 is 0 Å². The molecule has 0 heterocycles. The normalized spacial score (nSPS) is 13.4. The number of nitrogens with one attached hydrogen (secondary N) is 1. The summed E-state index contributed by atoms with van der Waals surface area (Å²) in [5.74, 6) is 0. The molecular formula is C13H30N2. The fourth-order valence-corrected chi connectivity index (χ4v) is 1.97. The molecule has 0 fully saturated rings. The van der Waals surface area contributed by atoms with E-state index in [1.54, 1.807) is 0 Å². The summed E-state index contributed by atoms with van der Waals surface area (Å²) < 4.78 is 0. The van der Waals surface area contributed by atoms with E-state index in [-0.39, 0.29) is 0 Å². The molecule has 0 aromatic carbocycles. The molecule has 0 amide bonds. The van der Waals surface area contributed by atoms with Crippen LogP contribution in [0.4, 0.5) is 0 Å². The maximum absolute atomic E-state index is 3.59. The highest BCUT2D eigenvalue weighted by atomic mass is 15.1. The van der Waals surface area contributed by atoms with E-state index < -0.39 is 0 Å². The molecule has 0 rings (SSSR count). The van der Waals surface area contributed by atoms with Crippen molar-refractivity contribution in [3.8, 4) is 0 Å². The molecule has 92 valence electrons. The molecule has 0 saturated carbocycles. The lowest BCUT2D eigenvalue weighted by Gasteiger charge is -2.23. The Morgan fingerprint density at radius 1 is 1.00 bits per heavy atom. The third-order valence-corrected chi connectivity index (χ3v) is 3.09. The number of rotatable bonds is 10. The van der Waals surface area contributed by atoms with Crippen LogP contribution in [0, 0.1) is 0 Å². The van der Waals surface area contributed by atoms with E-state index in [0.717, 1.165) is 12.6 Å². The largest absolute Gasteiger partial charge is 0.314 e. The Hall–Kier alpha value is -0.0800. The average Bonchev–Trinajstić information content (AvgIpc) is 2.27. The first kappa shape index (κ1) is 14.9. The van der Waals surface area contributed by atoms with Gasteiger partial charge in [-0.2, -0.15) is 0 Å². The lowest BCUT2D eigenvalue weighted by Crippen LogP contribution is -2.34. The molecule has 0 aliphatic heterocycles. The smallest absolute Gasteiger partial charge is 0.00791 e. The van der Waals surface area contributed by atoms with Crippen LogP contribution in [0.1, 0.15) is 53.4 Å². The van der Waals surface area contributed by atoms with Crippen LogP contribution in [0.2, 0.25) is 0 Å². The summed E-state index contributed by atoms with van der Waals surface area (Å²) in [5.41, 5.74) is 0. The first-order valence-corrected chi connectivity index (χ1v) is 6.74. The van der Waals surface area contributed by atoms with Crippen molar-refractivity contribution in [1.29, 1.82) is 0 Å². The predicted octanol–water partition coefficient (Wildman–Crippen LogP) is 2.89. The minimum atomic E-state index is 0.732. The van der Waals surface area contributed by atoms with Gasteiger partial charge in [0.2, 0.25) is 0 Å². The molecule has 1 unspecified atom stereocenters. The van der Waals surface area contributed by atoms with Crippen LogP contribution in [0.15, 0.2) is 0 Å². The summed E-state index contributed by atoms with van der Waals surface area (Å²) >= 11 is 0. The van der Waals surface area contributed by atoms with Gasteiger partial charge in [-0.25, -0.2) is 0 Å². The van der Waals surface area contributed by atoms with E-state index in [1.807, 2.05) is 0 Å². The molecule has 0 aliphatic carbocycles. The zero-order valence-electron chi connectivity index (χ0n) is 11.2. The van der Waals surface area contributed by atoms with Crippen LogP contribution < -0.4 is 5.32 Å². The van der Waals surface area contributed by atoms with Crippen LogP contribution in [0.5, 0.6) is 0 Å². The van der Waals surface area contributed by atoms with Crippen molar-refractivity contribution in [2.24, 2.45) is 0 Å². The molecule has 0 aliphatic rings. The second kappa shape index (κ2) is 10.4. The van der Waals surface area contributed by atoms with Crippen molar-refractivity contribution in [3.05, 3.63) is 0 Å². The molecule has 1 atom stereocenters. The van der Waals surface area contributed by atoms with Crippen molar-refractivity contribution in [3.63, 3.8) is 0 Å². The Morgan fingerprint density at radius 3 is 2.13 bits per heavy atom. The second-order valence-corrected chi connectivity index (χ2v) is 4.21. The molecule has 0 radical (unpaired) electrons. The summed E-state index contributed by atoms with van der Waals surface area (Å²) in [6, 6.07) is 0.732. The summed E-state index contributed by atoms with van der Waals surface area (Å²) in [6.07, 6.45) is 5.31. The topological polar surface area (TPSA) is 15.3 Å². The number of nitrogens with zero attached hydrogens (tertiary/aromatic N) is 1. The molecule has 15 heavy (non-hydrogen) atoms.